The second-order valence-electron chi connectivity index (χ2n) is 6.01. The molecule has 0 aromatic carbocycles. The molecule has 1 heterocycles. The minimum atomic E-state index is -4.13. The molecule has 0 saturated carbocycles. The van der Waals surface area contributed by atoms with Crippen LogP contribution >= 0.6 is 0 Å². The fourth-order valence-corrected chi connectivity index (χ4v) is 2.92. The molecule has 23 heavy (non-hydrogen) atoms. The van der Waals surface area contributed by atoms with Crippen LogP contribution in [0.25, 0.3) is 0 Å². The van der Waals surface area contributed by atoms with Crippen molar-refractivity contribution in [3.63, 3.8) is 0 Å². The van der Waals surface area contributed by atoms with Crippen LogP contribution < -0.4 is 10.6 Å². The maximum Gasteiger partial charge on any atom is 0.401 e. The van der Waals surface area contributed by atoms with E-state index in [9.17, 15) is 13.2 Å². The highest BCUT2D eigenvalue weighted by Crippen LogP contribution is 2.16. The molecule has 136 valence electrons. The van der Waals surface area contributed by atoms with Gasteiger partial charge in [-0.05, 0) is 45.9 Å². The third kappa shape index (κ3) is 8.41. The molecule has 0 bridgehead atoms. The van der Waals surface area contributed by atoms with E-state index in [0.717, 1.165) is 19.6 Å². The third-order valence-corrected chi connectivity index (χ3v) is 4.09. The average Bonchev–Trinajstić information content (AvgIpc) is 2.92. The molecule has 0 aromatic heterocycles. The number of hydrogen-bond acceptors (Lipinski definition) is 3. The van der Waals surface area contributed by atoms with Crippen molar-refractivity contribution in [2.45, 2.75) is 38.4 Å². The molecule has 1 aliphatic heterocycles. The molecule has 0 radical (unpaired) electrons. The Morgan fingerprint density at radius 2 is 2.09 bits per heavy atom. The number of hydrogen-bond donors (Lipinski definition) is 2. The van der Waals surface area contributed by atoms with Crippen molar-refractivity contribution in [2.24, 2.45) is 4.99 Å². The third-order valence-electron chi connectivity index (χ3n) is 4.09. The fourth-order valence-electron chi connectivity index (χ4n) is 2.92. The first-order valence-electron chi connectivity index (χ1n) is 8.29. The van der Waals surface area contributed by atoms with Crippen molar-refractivity contribution in [3.05, 3.63) is 0 Å². The van der Waals surface area contributed by atoms with E-state index in [1.807, 2.05) is 0 Å². The van der Waals surface area contributed by atoms with Crippen LogP contribution in [-0.2, 0) is 0 Å². The first-order chi connectivity index (χ1) is 10.9. The van der Waals surface area contributed by atoms with Crippen molar-refractivity contribution >= 4 is 5.96 Å². The number of nitrogens with zero attached hydrogens (tertiary/aromatic N) is 3. The van der Waals surface area contributed by atoms with Crippen LogP contribution in [0, 0.1) is 0 Å². The number of alkyl halides is 3. The van der Waals surface area contributed by atoms with Gasteiger partial charge < -0.3 is 10.6 Å². The summed E-state index contributed by atoms with van der Waals surface area (Å²) in [5, 5.41) is 6.46. The highest BCUT2D eigenvalue weighted by Gasteiger charge is 2.28. The van der Waals surface area contributed by atoms with Gasteiger partial charge in [-0.25, -0.2) is 0 Å². The van der Waals surface area contributed by atoms with E-state index in [1.54, 1.807) is 7.05 Å². The molecule has 0 amide bonds. The number of guanidine groups is 1. The van der Waals surface area contributed by atoms with Crippen LogP contribution in [0.1, 0.15) is 26.2 Å². The zero-order valence-corrected chi connectivity index (χ0v) is 14.4. The number of likely N-dealkylation sites (tertiary alicyclic amines) is 1. The van der Waals surface area contributed by atoms with E-state index >= 15 is 0 Å². The molecule has 1 aliphatic rings. The van der Waals surface area contributed by atoms with Gasteiger partial charge in [0.1, 0.15) is 0 Å². The summed E-state index contributed by atoms with van der Waals surface area (Å²) in [4.78, 5) is 7.90. The van der Waals surface area contributed by atoms with Gasteiger partial charge >= 0.3 is 6.18 Å². The first kappa shape index (κ1) is 20.0. The molecule has 0 spiro atoms. The van der Waals surface area contributed by atoms with E-state index in [1.165, 1.54) is 24.8 Å². The van der Waals surface area contributed by atoms with Crippen molar-refractivity contribution in [1.29, 1.82) is 0 Å². The summed E-state index contributed by atoms with van der Waals surface area (Å²) in [6.07, 6.45) is -1.07. The minimum Gasteiger partial charge on any atom is -0.356 e. The summed E-state index contributed by atoms with van der Waals surface area (Å²) in [6.45, 7) is 5.36. The highest BCUT2D eigenvalue weighted by molar-refractivity contribution is 5.79. The number of nitrogens with one attached hydrogen (secondary N) is 2. The van der Waals surface area contributed by atoms with E-state index < -0.39 is 12.7 Å². The Hall–Kier alpha value is -1.02. The van der Waals surface area contributed by atoms with Crippen LogP contribution in [0.15, 0.2) is 4.99 Å². The summed E-state index contributed by atoms with van der Waals surface area (Å²) in [5.41, 5.74) is 0. The Morgan fingerprint density at radius 1 is 1.35 bits per heavy atom. The molecular formula is C15H30F3N5. The molecule has 5 nitrogen and oxygen atoms in total. The summed E-state index contributed by atoms with van der Waals surface area (Å²) < 4.78 is 36.7. The average molecular weight is 337 g/mol. The van der Waals surface area contributed by atoms with Gasteiger partial charge in [0.15, 0.2) is 5.96 Å². The lowest BCUT2D eigenvalue weighted by molar-refractivity contribution is -0.143. The lowest BCUT2D eigenvalue weighted by Crippen LogP contribution is -2.45. The van der Waals surface area contributed by atoms with E-state index in [-0.39, 0.29) is 0 Å². The Kier molecular flexibility index (Phi) is 8.68. The highest BCUT2D eigenvalue weighted by atomic mass is 19.4. The predicted octanol–water partition coefficient (Wildman–Crippen LogP) is 1.52. The van der Waals surface area contributed by atoms with Crippen LogP contribution in [0.3, 0.4) is 0 Å². The van der Waals surface area contributed by atoms with Gasteiger partial charge in [0, 0.05) is 26.2 Å². The maximum absolute atomic E-state index is 12.2. The normalized spacial score (nSPS) is 20.3. The summed E-state index contributed by atoms with van der Waals surface area (Å²) in [5.74, 6) is 0.714. The Morgan fingerprint density at radius 3 is 2.70 bits per heavy atom. The smallest absolute Gasteiger partial charge is 0.356 e. The van der Waals surface area contributed by atoms with Gasteiger partial charge in [0.05, 0.1) is 6.54 Å². The van der Waals surface area contributed by atoms with Crippen molar-refractivity contribution in [1.82, 2.24) is 20.4 Å². The van der Waals surface area contributed by atoms with Crippen molar-refractivity contribution < 1.29 is 13.2 Å². The largest absolute Gasteiger partial charge is 0.401 e. The predicted molar refractivity (Wildman–Crippen MR) is 87.8 cm³/mol. The summed E-state index contributed by atoms with van der Waals surface area (Å²) >= 11 is 0. The number of aliphatic imine (C=N–C) groups is 1. The lowest BCUT2D eigenvalue weighted by Gasteiger charge is -2.24. The summed E-state index contributed by atoms with van der Waals surface area (Å²) in [6, 6.07) is 0.538. The lowest BCUT2D eigenvalue weighted by atomic mass is 10.2. The molecular weight excluding hydrogens is 307 g/mol. The van der Waals surface area contributed by atoms with Gasteiger partial charge in [-0.1, -0.05) is 6.92 Å². The maximum atomic E-state index is 12.2. The van der Waals surface area contributed by atoms with Gasteiger partial charge in [-0.15, -0.1) is 0 Å². The van der Waals surface area contributed by atoms with Crippen LogP contribution in [0.4, 0.5) is 13.2 Å². The Bertz CT molecular complexity index is 360. The number of rotatable bonds is 8. The van der Waals surface area contributed by atoms with Crippen molar-refractivity contribution in [3.8, 4) is 0 Å². The molecule has 8 heteroatoms. The number of likely N-dealkylation sites (N-methyl/N-ethyl adjacent to an activating group) is 1. The molecule has 1 fully saturated rings. The molecule has 0 aromatic rings. The Balaban J connectivity index is 2.17. The SMILES string of the molecule is CCN1CCCC1CNC(=NC)NCCCN(C)CC(F)(F)F. The first-order valence-corrected chi connectivity index (χ1v) is 8.29. The zero-order chi connectivity index (χ0) is 17.3. The molecule has 1 unspecified atom stereocenters. The van der Waals surface area contributed by atoms with Crippen LogP contribution in [0.5, 0.6) is 0 Å². The quantitative estimate of drug-likeness (QED) is 0.400. The standard InChI is InChI=1S/C15H30F3N5/c1-4-23-10-5-7-13(23)11-21-14(19-2)20-8-6-9-22(3)12-15(16,17)18/h13H,4-12H2,1-3H3,(H2,19,20,21). The van der Waals surface area contributed by atoms with Gasteiger partial charge in [-0.3, -0.25) is 14.8 Å². The second-order valence-corrected chi connectivity index (χ2v) is 6.01. The number of halogens is 3. The second kappa shape index (κ2) is 9.97. The molecule has 2 N–H and O–H groups in total. The summed E-state index contributed by atoms with van der Waals surface area (Å²) in [7, 11) is 3.19. The topological polar surface area (TPSA) is 42.9 Å². The minimum absolute atomic E-state index is 0.399. The Labute approximate surface area is 137 Å². The monoisotopic (exact) mass is 337 g/mol. The van der Waals surface area contributed by atoms with Crippen LogP contribution in [-0.4, -0.2) is 81.3 Å². The van der Waals surface area contributed by atoms with E-state index in [2.05, 4.69) is 27.4 Å². The van der Waals surface area contributed by atoms with Gasteiger partial charge in [0.25, 0.3) is 0 Å². The van der Waals surface area contributed by atoms with Gasteiger partial charge in [0.2, 0.25) is 0 Å². The fraction of sp³-hybridized carbons (Fsp3) is 0.933. The zero-order valence-electron chi connectivity index (χ0n) is 14.4. The molecule has 1 saturated heterocycles. The van der Waals surface area contributed by atoms with Gasteiger partial charge in [-0.2, -0.15) is 13.2 Å². The molecule has 0 aliphatic carbocycles. The molecule has 1 atom stereocenters. The van der Waals surface area contributed by atoms with E-state index in [0.29, 0.717) is 31.5 Å². The van der Waals surface area contributed by atoms with Crippen molar-refractivity contribution in [2.75, 3.05) is 53.4 Å². The van der Waals surface area contributed by atoms with E-state index in [4.69, 9.17) is 0 Å². The molecule has 1 rings (SSSR count). The van der Waals surface area contributed by atoms with Crippen LogP contribution in [0.2, 0.25) is 0 Å².